The smallest absolute Gasteiger partial charge is 0.192 e. The van der Waals surface area contributed by atoms with E-state index in [1.165, 1.54) is 0 Å². The summed E-state index contributed by atoms with van der Waals surface area (Å²) in [5.74, 6) is -0.0634. The fraction of sp³-hybridized carbons (Fsp3) is 0.231. The zero-order chi connectivity index (χ0) is 12.3. The molecular formula is C13H14N2O2. The van der Waals surface area contributed by atoms with E-state index in [1.54, 1.807) is 30.7 Å². The van der Waals surface area contributed by atoms with E-state index in [1.807, 2.05) is 4.90 Å². The van der Waals surface area contributed by atoms with Crippen LogP contribution in [0.15, 0.2) is 48.6 Å². The number of carbonyl (C=O) groups is 1. The largest absolute Gasteiger partial charge is 0.390 e. The Morgan fingerprint density at radius 3 is 3.06 bits per heavy atom. The first-order valence-corrected chi connectivity index (χ1v) is 5.44. The molecule has 1 aliphatic rings. The summed E-state index contributed by atoms with van der Waals surface area (Å²) in [5, 5.41) is 9.32. The minimum atomic E-state index is -0.145. The van der Waals surface area contributed by atoms with Gasteiger partial charge in [-0.2, -0.15) is 0 Å². The standard InChI is InChI=1S/C13H14N2O2/c1-2-15-7-5-11(12(15)9-16)13(17)10-4-3-6-14-8-10/h2-4,6,8,16H,1,5,7,9H2. The van der Waals surface area contributed by atoms with Crippen molar-refractivity contribution in [3.63, 3.8) is 0 Å². The molecule has 4 heteroatoms. The molecule has 1 aromatic heterocycles. The lowest BCUT2D eigenvalue weighted by atomic mass is 10.0. The van der Waals surface area contributed by atoms with Crippen LogP contribution in [0.1, 0.15) is 16.8 Å². The highest BCUT2D eigenvalue weighted by Gasteiger charge is 2.25. The number of hydrogen-bond donors (Lipinski definition) is 1. The van der Waals surface area contributed by atoms with Crippen molar-refractivity contribution in [3.8, 4) is 0 Å². The molecule has 0 spiro atoms. The third-order valence-corrected chi connectivity index (χ3v) is 2.87. The Hall–Kier alpha value is -1.94. The Morgan fingerprint density at radius 2 is 2.47 bits per heavy atom. The monoisotopic (exact) mass is 230 g/mol. The molecule has 17 heavy (non-hydrogen) atoms. The molecule has 1 N–H and O–H groups in total. The molecule has 0 fully saturated rings. The van der Waals surface area contributed by atoms with Gasteiger partial charge in [0, 0.05) is 30.1 Å². The van der Waals surface area contributed by atoms with E-state index in [0.717, 1.165) is 0 Å². The fourth-order valence-electron chi connectivity index (χ4n) is 1.99. The van der Waals surface area contributed by atoms with Crippen molar-refractivity contribution >= 4 is 5.78 Å². The zero-order valence-electron chi connectivity index (χ0n) is 9.47. The van der Waals surface area contributed by atoms with Crippen LogP contribution in [0.3, 0.4) is 0 Å². The number of aromatic nitrogens is 1. The van der Waals surface area contributed by atoms with Crippen LogP contribution >= 0.6 is 0 Å². The highest BCUT2D eigenvalue weighted by atomic mass is 16.3. The van der Waals surface area contributed by atoms with Gasteiger partial charge in [-0.1, -0.05) is 6.58 Å². The first-order valence-electron chi connectivity index (χ1n) is 5.44. The summed E-state index contributed by atoms with van der Waals surface area (Å²) < 4.78 is 0. The van der Waals surface area contributed by atoms with E-state index in [0.29, 0.717) is 29.8 Å². The average Bonchev–Trinajstić information content (AvgIpc) is 2.81. The van der Waals surface area contributed by atoms with E-state index < -0.39 is 0 Å². The third-order valence-electron chi connectivity index (χ3n) is 2.87. The zero-order valence-corrected chi connectivity index (χ0v) is 9.47. The van der Waals surface area contributed by atoms with Crippen LogP contribution in [-0.4, -0.2) is 33.9 Å². The fourth-order valence-corrected chi connectivity index (χ4v) is 1.99. The summed E-state index contributed by atoms with van der Waals surface area (Å²) in [4.78, 5) is 17.9. The molecule has 0 saturated carbocycles. The van der Waals surface area contributed by atoms with Gasteiger partial charge in [0.2, 0.25) is 0 Å². The first kappa shape index (κ1) is 11.5. The van der Waals surface area contributed by atoms with Crippen LogP contribution in [0.5, 0.6) is 0 Å². The SMILES string of the molecule is C=CN1CCC(C(=O)c2cccnc2)=C1CO. The van der Waals surface area contributed by atoms with Gasteiger partial charge in [-0.25, -0.2) is 0 Å². The van der Waals surface area contributed by atoms with Gasteiger partial charge in [-0.3, -0.25) is 9.78 Å². The summed E-state index contributed by atoms with van der Waals surface area (Å²) >= 11 is 0. The van der Waals surface area contributed by atoms with Gasteiger partial charge in [0.15, 0.2) is 5.78 Å². The van der Waals surface area contributed by atoms with Gasteiger partial charge < -0.3 is 10.0 Å². The van der Waals surface area contributed by atoms with E-state index in [4.69, 9.17) is 0 Å². The number of carbonyl (C=O) groups excluding carboxylic acids is 1. The van der Waals surface area contributed by atoms with Gasteiger partial charge in [0.25, 0.3) is 0 Å². The Morgan fingerprint density at radius 1 is 1.65 bits per heavy atom. The number of Topliss-reactive ketones (excluding diaryl/α,β-unsaturated/α-hetero) is 1. The molecule has 0 atom stereocenters. The minimum absolute atomic E-state index is 0.0634. The molecule has 0 unspecified atom stereocenters. The van der Waals surface area contributed by atoms with E-state index >= 15 is 0 Å². The summed E-state index contributed by atoms with van der Waals surface area (Å²) in [6, 6.07) is 3.46. The van der Waals surface area contributed by atoms with Crippen molar-refractivity contribution in [3.05, 3.63) is 54.1 Å². The Labute approximate surface area is 99.9 Å². The second kappa shape index (κ2) is 4.93. The van der Waals surface area contributed by atoms with Gasteiger partial charge in [0.1, 0.15) is 0 Å². The minimum Gasteiger partial charge on any atom is -0.390 e. The summed E-state index contributed by atoms with van der Waals surface area (Å²) in [6.07, 6.45) is 5.44. The maximum atomic E-state index is 12.2. The molecule has 1 aliphatic heterocycles. The van der Waals surface area contributed by atoms with E-state index in [-0.39, 0.29) is 12.4 Å². The van der Waals surface area contributed by atoms with Crippen molar-refractivity contribution < 1.29 is 9.90 Å². The molecule has 0 bridgehead atoms. The van der Waals surface area contributed by atoms with Crippen molar-refractivity contribution in [2.24, 2.45) is 0 Å². The van der Waals surface area contributed by atoms with Crippen LogP contribution in [-0.2, 0) is 0 Å². The van der Waals surface area contributed by atoms with Crippen molar-refractivity contribution in [2.75, 3.05) is 13.2 Å². The van der Waals surface area contributed by atoms with Crippen LogP contribution in [0.2, 0.25) is 0 Å². The highest BCUT2D eigenvalue weighted by Crippen LogP contribution is 2.25. The molecule has 0 aliphatic carbocycles. The lowest BCUT2D eigenvalue weighted by Crippen LogP contribution is -2.15. The number of aliphatic hydroxyl groups excluding tert-OH is 1. The van der Waals surface area contributed by atoms with Crippen molar-refractivity contribution in [2.45, 2.75) is 6.42 Å². The molecule has 2 heterocycles. The van der Waals surface area contributed by atoms with Crippen molar-refractivity contribution in [1.82, 2.24) is 9.88 Å². The lowest BCUT2D eigenvalue weighted by molar-refractivity contribution is 0.103. The number of rotatable bonds is 4. The number of pyridine rings is 1. The molecular weight excluding hydrogens is 216 g/mol. The summed E-state index contributed by atoms with van der Waals surface area (Å²) in [7, 11) is 0. The molecule has 88 valence electrons. The quantitative estimate of drug-likeness (QED) is 0.793. The molecule has 2 rings (SSSR count). The predicted octanol–water partition coefficient (Wildman–Crippen LogP) is 1.36. The van der Waals surface area contributed by atoms with Gasteiger partial charge >= 0.3 is 0 Å². The van der Waals surface area contributed by atoms with Crippen molar-refractivity contribution in [1.29, 1.82) is 0 Å². The highest BCUT2D eigenvalue weighted by molar-refractivity contribution is 6.09. The van der Waals surface area contributed by atoms with Crippen LogP contribution in [0.4, 0.5) is 0 Å². The molecule has 0 aromatic carbocycles. The van der Waals surface area contributed by atoms with E-state index in [2.05, 4.69) is 11.6 Å². The Kier molecular flexibility index (Phi) is 3.35. The summed E-state index contributed by atoms with van der Waals surface area (Å²) in [5.41, 5.74) is 1.86. The summed E-state index contributed by atoms with van der Waals surface area (Å²) in [6.45, 7) is 4.21. The second-order valence-corrected chi connectivity index (χ2v) is 3.78. The van der Waals surface area contributed by atoms with Gasteiger partial charge in [0.05, 0.1) is 12.3 Å². The predicted molar refractivity (Wildman–Crippen MR) is 64.2 cm³/mol. The first-order chi connectivity index (χ1) is 8.27. The van der Waals surface area contributed by atoms with Gasteiger partial charge in [-0.15, -0.1) is 0 Å². The second-order valence-electron chi connectivity index (χ2n) is 3.78. The maximum absolute atomic E-state index is 12.2. The molecule has 0 saturated heterocycles. The maximum Gasteiger partial charge on any atom is 0.192 e. The Balaban J connectivity index is 2.34. The average molecular weight is 230 g/mol. The Bertz CT molecular complexity index is 466. The molecule has 0 radical (unpaired) electrons. The number of hydrogen-bond acceptors (Lipinski definition) is 4. The number of ketones is 1. The van der Waals surface area contributed by atoms with E-state index in [9.17, 15) is 9.90 Å². The molecule has 4 nitrogen and oxygen atoms in total. The molecule has 0 amide bonds. The van der Waals surface area contributed by atoms with Gasteiger partial charge in [-0.05, 0) is 24.8 Å². The number of nitrogens with zero attached hydrogens (tertiary/aromatic N) is 2. The lowest BCUT2D eigenvalue weighted by Gasteiger charge is -2.14. The van der Waals surface area contributed by atoms with Crippen LogP contribution in [0, 0.1) is 0 Å². The third kappa shape index (κ3) is 2.12. The number of aliphatic hydroxyl groups is 1. The van der Waals surface area contributed by atoms with Crippen LogP contribution in [0.25, 0.3) is 0 Å². The van der Waals surface area contributed by atoms with Crippen LogP contribution < -0.4 is 0 Å². The topological polar surface area (TPSA) is 53.4 Å². The normalized spacial score (nSPS) is 15.2. The molecule has 1 aromatic rings.